The van der Waals surface area contributed by atoms with Crippen molar-refractivity contribution in [1.29, 1.82) is 0 Å². The third-order valence-corrected chi connectivity index (χ3v) is 5.35. The molecule has 10 heteroatoms. The molecule has 3 N–H and O–H groups in total. The molecule has 4 rings (SSSR count). The van der Waals surface area contributed by atoms with E-state index in [4.69, 9.17) is 12.2 Å². The lowest BCUT2D eigenvalue weighted by Crippen LogP contribution is -2.44. The Morgan fingerprint density at radius 3 is 2.63 bits per heavy atom. The predicted octanol–water partition coefficient (Wildman–Crippen LogP) is 3.02. The summed E-state index contributed by atoms with van der Waals surface area (Å²) < 4.78 is 1.81. The van der Waals surface area contributed by atoms with Gasteiger partial charge in [0.25, 0.3) is 5.91 Å². The van der Waals surface area contributed by atoms with E-state index in [1.54, 1.807) is 42.5 Å². The number of carboxylic acids is 1. The van der Waals surface area contributed by atoms with Crippen LogP contribution >= 0.6 is 12.2 Å². The minimum absolute atomic E-state index is 0.265. The molecule has 9 nitrogen and oxygen atoms in total. The highest BCUT2D eigenvalue weighted by molar-refractivity contribution is 7.71. The quantitative estimate of drug-likeness (QED) is 0.539. The average Bonchev–Trinajstić information content (AvgIpc) is 3.20. The highest BCUT2D eigenvalue weighted by atomic mass is 32.1. The van der Waals surface area contributed by atoms with E-state index in [2.05, 4.69) is 20.8 Å². The van der Waals surface area contributed by atoms with Gasteiger partial charge in [0.1, 0.15) is 6.04 Å². The Hall–Kier alpha value is -3.53. The molecule has 3 aromatic rings. The molecule has 0 saturated carbocycles. The van der Waals surface area contributed by atoms with Crippen LogP contribution in [0.2, 0.25) is 0 Å². The molecule has 1 aliphatic heterocycles. The number of aliphatic carboxylic acids is 1. The number of benzene rings is 2. The number of tetrazole rings is 1. The number of nitrogens with one attached hydrogen (secondary N) is 2. The molecule has 0 bridgehead atoms. The van der Waals surface area contributed by atoms with Gasteiger partial charge in [-0.3, -0.25) is 4.79 Å². The van der Waals surface area contributed by atoms with Gasteiger partial charge in [-0.15, -0.1) is 0 Å². The molecule has 1 amide bonds. The van der Waals surface area contributed by atoms with Crippen LogP contribution in [0.5, 0.6) is 0 Å². The standard InChI is InChI=1S/C20H20N6O3S/c27-18(21-14-4-3-5-16(12-14)26-20(30)22-23-24-26)13-7-9-15(10-8-13)25-11-2-1-6-17(25)19(28)29/h3-5,7-10,12,17H,1-2,6,11H2,(H,21,27)(H,28,29)(H,22,24,30). The number of nitrogens with zero attached hydrogens (tertiary/aromatic N) is 4. The molecule has 0 spiro atoms. The number of amides is 1. The molecular weight excluding hydrogens is 404 g/mol. The van der Waals surface area contributed by atoms with Crippen LogP contribution in [0.15, 0.2) is 48.5 Å². The van der Waals surface area contributed by atoms with Gasteiger partial charge >= 0.3 is 5.97 Å². The fourth-order valence-corrected chi connectivity index (χ4v) is 3.78. The molecule has 1 unspecified atom stereocenters. The van der Waals surface area contributed by atoms with Crippen molar-refractivity contribution in [3.63, 3.8) is 0 Å². The van der Waals surface area contributed by atoms with E-state index in [0.29, 0.717) is 29.9 Å². The smallest absolute Gasteiger partial charge is 0.326 e. The van der Waals surface area contributed by atoms with Crippen LogP contribution < -0.4 is 10.2 Å². The number of H-pyrrole nitrogens is 1. The van der Waals surface area contributed by atoms with Gasteiger partial charge in [0.15, 0.2) is 0 Å². The molecule has 1 aliphatic rings. The van der Waals surface area contributed by atoms with Crippen LogP contribution in [0.1, 0.15) is 29.6 Å². The van der Waals surface area contributed by atoms with E-state index in [9.17, 15) is 14.7 Å². The van der Waals surface area contributed by atoms with E-state index in [1.165, 1.54) is 4.68 Å². The Kier molecular flexibility index (Phi) is 5.57. The highest BCUT2D eigenvalue weighted by Crippen LogP contribution is 2.25. The normalized spacial score (nSPS) is 16.3. The second-order valence-corrected chi connectivity index (χ2v) is 7.38. The van der Waals surface area contributed by atoms with Gasteiger partial charge in [-0.2, -0.15) is 5.21 Å². The third-order valence-electron chi connectivity index (χ3n) is 5.08. The van der Waals surface area contributed by atoms with Crippen molar-refractivity contribution < 1.29 is 14.7 Å². The van der Waals surface area contributed by atoms with E-state index in [1.807, 2.05) is 11.0 Å². The monoisotopic (exact) mass is 424 g/mol. The molecular formula is C20H20N6O3S. The zero-order chi connectivity index (χ0) is 21.1. The second-order valence-electron chi connectivity index (χ2n) is 7.01. The van der Waals surface area contributed by atoms with Crippen LogP contribution in [0.25, 0.3) is 5.69 Å². The lowest BCUT2D eigenvalue weighted by molar-refractivity contribution is -0.139. The van der Waals surface area contributed by atoms with Gasteiger partial charge in [-0.1, -0.05) is 16.4 Å². The maximum absolute atomic E-state index is 12.7. The van der Waals surface area contributed by atoms with E-state index >= 15 is 0 Å². The first-order chi connectivity index (χ1) is 14.5. The summed E-state index contributed by atoms with van der Waals surface area (Å²) in [7, 11) is 0. The summed E-state index contributed by atoms with van der Waals surface area (Å²) in [4.78, 5) is 26.1. The topological polar surface area (TPSA) is 116 Å². The number of carboxylic acid groups (broad SMARTS) is 1. The highest BCUT2D eigenvalue weighted by Gasteiger charge is 2.28. The van der Waals surface area contributed by atoms with Crippen molar-refractivity contribution in [2.24, 2.45) is 0 Å². The van der Waals surface area contributed by atoms with Crippen LogP contribution in [0.4, 0.5) is 11.4 Å². The first-order valence-corrected chi connectivity index (χ1v) is 9.95. The van der Waals surface area contributed by atoms with Crippen LogP contribution in [-0.4, -0.2) is 49.8 Å². The lowest BCUT2D eigenvalue weighted by Gasteiger charge is -2.34. The van der Waals surface area contributed by atoms with E-state index in [0.717, 1.165) is 18.5 Å². The Labute approximate surface area is 177 Å². The number of rotatable bonds is 5. The van der Waals surface area contributed by atoms with Crippen molar-refractivity contribution in [2.75, 3.05) is 16.8 Å². The van der Waals surface area contributed by atoms with E-state index in [-0.39, 0.29) is 10.7 Å². The molecule has 154 valence electrons. The Morgan fingerprint density at radius 1 is 1.13 bits per heavy atom. The molecule has 1 aromatic heterocycles. The minimum atomic E-state index is -0.816. The molecule has 1 fully saturated rings. The summed E-state index contributed by atoms with van der Waals surface area (Å²) in [6.45, 7) is 0.695. The largest absolute Gasteiger partial charge is 0.480 e. The summed E-state index contributed by atoms with van der Waals surface area (Å²) in [5.74, 6) is -1.08. The van der Waals surface area contributed by atoms with Crippen LogP contribution in [0.3, 0.4) is 0 Å². The van der Waals surface area contributed by atoms with Crippen LogP contribution in [0, 0.1) is 4.77 Å². The number of hydrogen-bond donors (Lipinski definition) is 3. The van der Waals surface area contributed by atoms with Crippen molar-refractivity contribution in [3.05, 3.63) is 58.9 Å². The molecule has 0 aliphatic carbocycles. The molecule has 1 atom stereocenters. The maximum Gasteiger partial charge on any atom is 0.326 e. The summed E-state index contributed by atoms with van der Waals surface area (Å²) in [5, 5.41) is 22.4. The number of anilines is 2. The maximum atomic E-state index is 12.7. The summed E-state index contributed by atoms with van der Waals surface area (Å²) in [5.41, 5.74) is 2.58. The Bertz CT molecular complexity index is 1120. The summed E-state index contributed by atoms with van der Waals surface area (Å²) in [6, 6.07) is 13.6. The molecule has 2 heterocycles. The first-order valence-electron chi connectivity index (χ1n) is 9.54. The van der Waals surface area contributed by atoms with Gasteiger partial charge in [-0.25, -0.2) is 9.48 Å². The number of aromatic amines is 1. The second kappa shape index (κ2) is 8.46. The zero-order valence-electron chi connectivity index (χ0n) is 16.0. The Balaban J connectivity index is 1.49. The molecule has 2 aromatic carbocycles. The number of carbonyl (C=O) groups excluding carboxylic acids is 1. The van der Waals surface area contributed by atoms with Crippen molar-refractivity contribution >= 4 is 35.5 Å². The van der Waals surface area contributed by atoms with Crippen molar-refractivity contribution in [3.8, 4) is 5.69 Å². The average molecular weight is 424 g/mol. The van der Waals surface area contributed by atoms with Gasteiger partial charge in [-0.05, 0) is 73.9 Å². The van der Waals surface area contributed by atoms with Gasteiger partial charge in [0, 0.05) is 23.5 Å². The molecule has 0 radical (unpaired) electrons. The van der Waals surface area contributed by atoms with E-state index < -0.39 is 12.0 Å². The minimum Gasteiger partial charge on any atom is -0.480 e. The van der Waals surface area contributed by atoms with Crippen molar-refractivity contribution in [1.82, 2.24) is 20.2 Å². The summed E-state index contributed by atoms with van der Waals surface area (Å²) >= 11 is 5.10. The third kappa shape index (κ3) is 4.08. The molecule has 30 heavy (non-hydrogen) atoms. The number of piperidine rings is 1. The molecule has 1 saturated heterocycles. The first kappa shape index (κ1) is 19.8. The van der Waals surface area contributed by atoms with Crippen LogP contribution in [-0.2, 0) is 4.79 Å². The number of aromatic nitrogens is 4. The van der Waals surface area contributed by atoms with Gasteiger partial charge < -0.3 is 15.3 Å². The SMILES string of the molecule is O=C(Nc1cccc(-n2[nH]nnc2=S)c1)c1ccc(N2CCCCC2C(=O)O)cc1. The predicted molar refractivity (Wildman–Crippen MR) is 114 cm³/mol. The number of hydrogen-bond acceptors (Lipinski definition) is 6. The van der Waals surface area contributed by atoms with Gasteiger partial charge in [0.05, 0.1) is 5.69 Å². The van der Waals surface area contributed by atoms with Crippen molar-refractivity contribution in [2.45, 2.75) is 25.3 Å². The number of carbonyl (C=O) groups is 2. The Morgan fingerprint density at radius 2 is 1.93 bits per heavy atom. The fourth-order valence-electron chi connectivity index (χ4n) is 3.59. The summed E-state index contributed by atoms with van der Waals surface area (Å²) in [6.07, 6.45) is 2.49. The lowest BCUT2D eigenvalue weighted by atomic mass is 10.0. The fraction of sp³-hybridized carbons (Fsp3) is 0.250. The zero-order valence-corrected chi connectivity index (χ0v) is 16.8. The van der Waals surface area contributed by atoms with Gasteiger partial charge in [0.2, 0.25) is 4.77 Å².